The van der Waals surface area contributed by atoms with Crippen molar-refractivity contribution in [3.05, 3.63) is 94.4 Å². The number of pyridine rings is 1. The summed E-state index contributed by atoms with van der Waals surface area (Å²) in [5, 5.41) is 18.0. The number of imidazole rings is 2. The van der Waals surface area contributed by atoms with E-state index in [0.29, 0.717) is 38.0 Å². The van der Waals surface area contributed by atoms with Crippen LogP contribution in [0, 0.1) is 22.7 Å². The predicted octanol–water partition coefficient (Wildman–Crippen LogP) is 3.82. The van der Waals surface area contributed by atoms with Gasteiger partial charge in [0.2, 0.25) is 0 Å². The molecule has 0 aliphatic carbocycles. The van der Waals surface area contributed by atoms with E-state index in [1.807, 2.05) is 42.5 Å². The number of aromatic nitrogens is 5. The molecule has 0 saturated carbocycles. The molecule has 0 aliphatic heterocycles. The lowest BCUT2D eigenvalue weighted by Crippen LogP contribution is -2.26. The zero-order chi connectivity index (χ0) is 23.5. The number of hydrogen-bond donors (Lipinski definition) is 0. The van der Waals surface area contributed by atoms with Gasteiger partial charge in [-0.3, -0.25) is 14.1 Å². The van der Waals surface area contributed by atoms with Crippen LogP contribution in [0.5, 0.6) is 0 Å². The number of fused-ring (bicyclic) bond motifs is 2. The van der Waals surface area contributed by atoms with Crippen LogP contribution in [-0.2, 0) is 19.6 Å². The fraction of sp³-hybridized carbons (Fsp3) is 0.192. The summed E-state index contributed by atoms with van der Waals surface area (Å²) in [5.74, 6) is 0.774. The smallest absolute Gasteiger partial charge is 0.326 e. The Morgan fingerprint density at radius 3 is 2.44 bits per heavy atom. The molecule has 0 bridgehead atoms. The van der Waals surface area contributed by atoms with E-state index in [0.717, 1.165) is 33.5 Å². The first-order valence-electron chi connectivity index (χ1n) is 11.0. The first kappa shape index (κ1) is 21.2. The summed E-state index contributed by atoms with van der Waals surface area (Å²) in [7, 11) is 0. The maximum absolute atomic E-state index is 13.6. The number of aryl methyl sites for hydroxylation is 1. The zero-order valence-corrected chi connectivity index (χ0v) is 18.4. The number of nitriles is 2. The minimum atomic E-state index is -0.150. The molecule has 166 valence electrons. The molecule has 8 nitrogen and oxygen atoms in total. The molecule has 0 fully saturated rings. The van der Waals surface area contributed by atoms with Crippen LogP contribution in [-0.4, -0.2) is 23.7 Å². The number of benzene rings is 2. The number of unbranched alkanes of at least 4 members (excludes halogenated alkanes) is 1. The van der Waals surface area contributed by atoms with Crippen LogP contribution in [0.3, 0.4) is 0 Å². The summed E-state index contributed by atoms with van der Waals surface area (Å²) in [5.41, 5.74) is 4.73. The maximum atomic E-state index is 13.6. The summed E-state index contributed by atoms with van der Waals surface area (Å²) < 4.78 is 5.53. The van der Waals surface area contributed by atoms with Crippen LogP contribution in [0.25, 0.3) is 22.1 Å². The third kappa shape index (κ3) is 3.82. The molecule has 0 N–H and O–H groups in total. The van der Waals surface area contributed by atoms with Gasteiger partial charge in [-0.15, -0.1) is 0 Å². The van der Waals surface area contributed by atoms with Gasteiger partial charge in [0.05, 0.1) is 59.1 Å². The topological polar surface area (TPSA) is 105 Å². The molecule has 0 radical (unpaired) electrons. The Kier molecular flexibility index (Phi) is 5.63. The van der Waals surface area contributed by atoms with Crippen molar-refractivity contribution in [3.63, 3.8) is 0 Å². The summed E-state index contributed by atoms with van der Waals surface area (Å²) >= 11 is 0. The van der Waals surface area contributed by atoms with Crippen molar-refractivity contribution in [2.45, 2.75) is 32.5 Å². The number of para-hydroxylation sites is 2. The summed E-state index contributed by atoms with van der Waals surface area (Å²) in [6, 6.07) is 21.3. The van der Waals surface area contributed by atoms with Crippen molar-refractivity contribution in [2.75, 3.05) is 0 Å². The van der Waals surface area contributed by atoms with Gasteiger partial charge in [0.25, 0.3) is 0 Å². The highest BCUT2D eigenvalue weighted by atomic mass is 16.1. The van der Waals surface area contributed by atoms with Crippen LogP contribution >= 0.6 is 0 Å². The average molecular weight is 448 g/mol. The molecular weight excluding hydrogens is 426 g/mol. The monoisotopic (exact) mass is 447 g/mol. The Balaban J connectivity index is 1.58. The lowest BCUT2D eigenvalue weighted by atomic mass is 10.1. The molecule has 5 aromatic rings. The SMILES string of the molecule is N#CCCCn1c(Cn2c(=O)n(Cc3ccc(C#N)cc3)c3cnccc32)nc2ccccc21. The van der Waals surface area contributed by atoms with Crippen LogP contribution < -0.4 is 5.69 Å². The average Bonchev–Trinajstić information content (AvgIpc) is 3.35. The van der Waals surface area contributed by atoms with E-state index in [1.54, 1.807) is 33.7 Å². The second kappa shape index (κ2) is 9.05. The molecule has 34 heavy (non-hydrogen) atoms. The normalized spacial score (nSPS) is 11.0. The Morgan fingerprint density at radius 2 is 1.65 bits per heavy atom. The van der Waals surface area contributed by atoms with Crippen LogP contribution in [0.2, 0.25) is 0 Å². The van der Waals surface area contributed by atoms with Crippen molar-refractivity contribution in [3.8, 4) is 12.1 Å². The van der Waals surface area contributed by atoms with Gasteiger partial charge in [-0.05, 0) is 42.3 Å². The lowest BCUT2D eigenvalue weighted by molar-refractivity contribution is 0.602. The van der Waals surface area contributed by atoms with Crippen LogP contribution in [0.4, 0.5) is 0 Å². The molecule has 0 saturated heterocycles. The van der Waals surface area contributed by atoms with Crippen molar-refractivity contribution in [2.24, 2.45) is 0 Å². The minimum absolute atomic E-state index is 0.150. The van der Waals surface area contributed by atoms with Crippen molar-refractivity contribution >= 4 is 22.1 Å². The number of rotatable bonds is 7. The van der Waals surface area contributed by atoms with Crippen molar-refractivity contribution < 1.29 is 0 Å². The Bertz CT molecular complexity index is 1620. The molecule has 0 spiro atoms. The fourth-order valence-electron chi connectivity index (χ4n) is 4.29. The second-order valence-electron chi connectivity index (χ2n) is 8.06. The highest BCUT2D eigenvalue weighted by molar-refractivity contribution is 5.77. The Hall–Kier alpha value is -4.69. The molecule has 0 unspecified atom stereocenters. The molecule has 2 aromatic carbocycles. The summed E-state index contributed by atoms with van der Waals surface area (Å²) in [6.45, 7) is 1.34. The quantitative estimate of drug-likeness (QED) is 0.353. The van der Waals surface area contributed by atoms with Gasteiger partial charge in [0, 0.05) is 19.2 Å². The van der Waals surface area contributed by atoms with Crippen molar-refractivity contribution in [1.29, 1.82) is 10.5 Å². The first-order chi connectivity index (χ1) is 16.7. The predicted molar refractivity (Wildman–Crippen MR) is 128 cm³/mol. The van der Waals surface area contributed by atoms with Gasteiger partial charge in [0.15, 0.2) is 0 Å². The van der Waals surface area contributed by atoms with E-state index in [1.165, 1.54) is 0 Å². The van der Waals surface area contributed by atoms with Gasteiger partial charge in [-0.25, -0.2) is 9.78 Å². The van der Waals surface area contributed by atoms with E-state index >= 15 is 0 Å². The largest absolute Gasteiger partial charge is 0.329 e. The molecule has 0 atom stereocenters. The number of hydrogen-bond acceptors (Lipinski definition) is 5. The molecule has 3 heterocycles. The van der Waals surface area contributed by atoms with E-state index in [2.05, 4.69) is 21.7 Å². The summed E-state index contributed by atoms with van der Waals surface area (Å²) in [4.78, 5) is 22.6. The zero-order valence-electron chi connectivity index (χ0n) is 18.4. The third-order valence-corrected chi connectivity index (χ3v) is 5.95. The molecule has 8 heteroatoms. The van der Waals surface area contributed by atoms with Crippen LogP contribution in [0.15, 0.2) is 71.8 Å². The molecule has 3 aromatic heterocycles. The number of nitrogens with zero attached hydrogens (tertiary/aromatic N) is 7. The highest BCUT2D eigenvalue weighted by Gasteiger charge is 2.17. The first-order valence-corrected chi connectivity index (χ1v) is 11.0. The minimum Gasteiger partial charge on any atom is -0.326 e. The lowest BCUT2D eigenvalue weighted by Gasteiger charge is -2.09. The Labute approximate surface area is 195 Å². The van der Waals surface area contributed by atoms with Gasteiger partial charge in [0.1, 0.15) is 5.82 Å². The molecule has 0 aliphatic rings. The van der Waals surface area contributed by atoms with Crippen molar-refractivity contribution in [1.82, 2.24) is 23.7 Å². The fourth-order valence-corrected chi connectivity index (χ4v) is 4.29. The standard InChI is InChI=1S/C26H21N7O/c27-12-3-4-14-31-22-6-2-1-5-21(22)30-25(31)18-33-23-11-13-29-16-24(23)32(26(33)34)17-20-9-7-19(15-28)8-10-20/h1-2,5-11,13,16H,3-4,14,17-18H2. The van der Waals surface area contributed by atoms with Gasteiger partial charge >= 0.3 is 5.69 Å². The van der Waals surface area contributed by atoms with Crippen LogP contribution in [0.1, 0.15) is 29.8 Å². The highest BCUT2D eigenvalue weighted by Crippen LogP contribution is 2.20. The second-order valence-corrected chi connectivity index (χ2v) is 8.06. The summed E-state index contributed by atoms with van der Waals surface area (Å²) in [6.07, 6.45) is 4.55. The van der Waals surface area contributed by atoms with E-state index < -0.39 is 0 Å². The molecule has 0 amide bonds. The molecular formula is C26H21N7O. The van der Waals surface area contributed by atoms with E-state index in [4.69, 9.17) is 15.5 Å². The van der Waals surface area contributed by atoms with E-state index in [-0.39, 0.29) is 5.69 Å². The van der Waals surface area contributed by atoms with Gasteiger partial charge in [-0.1, -0.05) is 24.3 Å². The van der Waals surface area contributed by atoms with E-state index in [9.17, 15) is 4.79 Å². The molecule has 5 rings (SSSR count). The van der Waals surface area contributed by atoms with Gasteiger partial charge < -0.3 is 4.57 Å². The Morgan fingerprint density at radius 1 is 0.853 bits per heavy atom. The van der Waals surface area contributed by atoms with Gasteiger partial charge in [-0.2, -0.15) is 10.5 Å². The third-order valence-electron chi connectivity index (χ3n) is 5.95. The maximum Gasteiger partial charge on any atom is 0.329 e.